The lowest BCUT2D eigenvalue weighted by Gasteiger charge is -2.38. The van der Waals surface area contributed by atoms with E-state index in [1.54, 1.807) is 20.8 Å². The molecule has 1 saturated carbocycles. The van der Waals surface area contributed by atoms with Crippen LogP contribution >= 0.6 is 0 Å². The summed E-state index contributed by atoms with van der Waals surface area (Å²) in [5.74, 6) is -2.38. The minimum atomic E-state index is -0.964. The van der Waals surface area contributed by atoms with Crippen LogP contribution in [0.2, 0.25) is 0 Å². The Morgan fingerprint density at radius 3 is 2.03 bits per heavy atom. The van der Waals surface area contributed by atoms with Gasteiger partial charge in [-0.3, -0.25) is 19.2 Å². The maximum Gasteiger partial charge on any atom is 0.434 e. The van der Waals surface area contributed by atoms with E-state index in [4.69, 9.17) is 23.8 Å². The lowest BCUT2D eigenvalue weighted by Crippen LogP contribution is -2.51. The van der Waals surface area contributed by atoms with Crippen LogP contribution in [0.1, 0.15) is 54.4 Å². The number of fused-ring (bicyclic) bond motifs is 4. The Labute approximate surface area is 169 Å². The first-order valence-corrected chi connectivity index (χ1v) is 9.56. The molecule has 0 radical (unpaired) electrons. The van der Waals surface area contributed by atoms with Crippen LogP contribution in [0.15, 0.2) is 0 Å². The zero-order chi connectivity index (χ0) is 21.9. The molecule has 29 heavy (non-hydrogen) atoms. The maximum atomic E-state index is 12.8. The molecule has 3 rings (SSSR count). The summed E-state index contributed by atoms with van der Waals surface area (Å²) in [4.78, 5) is 53.5. The standard InChI is InChI=1S/C19H29NO9/c1-10(21)25-9-13-14-7-8-15(29-20(14)18(24)28-19(4,5)6)17(27-12(3)23)16(13)26-11(2)22/h13-17H,7-9H2,1-6H3/t13-,14-,15+,16+,17-/m1/s1. The van der Waals surface area contributed by atoms with E-state index in [0.29, 0.717) is 12.8 Å². The van der Waals surface area contributed by atoms with Crippen molar-refractivity contribution in [2.75, 3.05) is 6.61 Å². The molecular formula is C19H29NO9. The quantitative estimate of drug-likeness (QED) is 0.500. The second-order valence-corrected chi connectivity index (χ2v) is 8.21. The van der Waals surface area contributed by atoms with E-state index in [1.807, 2.05) is 0 Å². The van der Waals surface area contributed by atoms with Crippen LogP contribution in [0.3, 0.4) is 0 Å². The largest absolute Gasteiger partial charge is 0.465 e. The molecule has 5 atom stereocenters. The number of esters is 3. The molecule has 0 aromatic carbocycles. The van der Waals surface area contributed by atoms with Crippen LogP contribution in [-0.4, -0.2) is 65.6 Å². The topological polar surface area (TPSA) is 118 Å². The van der Waals surface area contributed by atoms with Crippen molar-refractivity contribution in [1.29, 1.82) is 0 Å². The summed E-state index contributed by atoms with van der Waals surface area (Å²) in [5, 5.41) is 1.09. The summed E-state index contributed by atoms with van der Waals surface area (Å²) in [6.45, 7) is 8.73. The Morgan fingerprint density at radius 1 is 0.931 bits per heavy atom. The van der Waals surface area contributed by atoms with E-state index in [0.717, 1.165) is 5.06 Å². The van der Waals surface area contributed by atoms with Gasteiger partial charge < -0.3 is 18.9 Å². The van der Waals surface area contributed by atoms with Crippen LogP contribution in [-0.2, 0) is 38.2 Å². The smallest absolute Gasteiger partial charge is 0.434 e. The van der Waals surface area contributed by atoms with Crippen molar-refractivity contribution in [2.45, 2.75) is 84.3 Å². The highest BCUT2D eigenvalue weighted by Crippen LogP contribution is 2.39. The summed E-state index contributed by atoms with van der Waals surface area (Å²) < 4.78 is 21.5. The summed E-state index contributed by atoms with van der Waals surface area (Å²) in [5.41, 5.74) is -0.762. The average Bonchev–Trinajstić information content (AvgIpc) is 2.75. The molecule has 2 bridgehead atoms. The van der Waals surface area contributed by atoms with E-state index in [1.165, 1.54) is 20.8 Å². The number of nitrogens with zero attached hydrogens (tertiary/aromatic N) is 1. The molecule has 10 heteroatoms. The van der Waals surface area contributed by atoms with Gasteiger partial charge in [-0.05, 0) is 33.6 Å². The minimum absolute atomic E-state index is 0.148. The third kappa shape index (κ3) is 6.06. The molecule has 2 saturated heterocycles. The van der Waals surface area contributed by atoms with Crippen molar-refractivity contribution >= 4 is 24.0 Å². The van der Waals surface area contributed by atoms with Crippen LogP contribution in [0, 0.1) is 5.92 Å². The van der Waals surface area contributed by atoms with Gasteiger partial charge in [0.15, 0.2) is 6.10 Å². The van der Waals surface area contributed by atoms with Gasteiger partial charge in [0.2, 0.25) is 0 Å². The van der Waals surface area contributed by atoms with Gasteiger partial charge in [0.05, 0.1) is 18.6 Å². The monoisotopic (exact) mass is 415 g/mol. The van der Waals surface area contributed by atoms with Gasteiger partial charge in [-0.1, -0.05) is 0 Å². The molecule has 0 N–H and O–H groups in total. The maximum absolute atomic E-state index is 12.8. The Bertz CT molecular complexity index is 657. The Morgan fingerprint density at radius 2 is 1.52 bits per heavy atom. The summed E-state index contributed by atoms with van der Waals surface area (Å²) in [6.07, 6.45) is -2.45. The van der Waals surface area contributed by atoms with Crippen molar-refractivity contribution in [2.24, 2.45) is 5.92 Å². The lowest BCUT2D eigenvalue weighted by atomic mass is 9.91. The van der Waals surface area contributed by atoms with Crippen molar-refractivity contribution in [3.05, 3.63) is 0 Å². The number of amides is 1. The molecule has 0 unspecified atom stereocenters. The number of hydrogen-bond acceptors (Lipinski definition) is 9. The first-order chi connectivity index (χ1) is 13.4. The minimum Gasteiger partial charge on any atom is -0.465 e. The fraction of sp³-hybridized carbons (Fsp3) is 0.789. The number of carbonyl (C=O) groups is 4. The predicted molar refractivity (Wildman–Crippen MR) is 97.2 cm³/mol. The number of ether oxygens (including phenoxy) is 4. The van der Waals surface area contributed by atoms with Gasteiger partial charge in [0.25, 0.3) is 0 Å². The third-order valence-corrected chi connectivity index (χ3v) is 4.56. The Kier molecular flexibility index (Phi) is 7.10. The number of carbonyl (C=O) groups excluding carboxylic acids is 4. The molecule has 164 valence electrons. The molecule has 1 amide bonds. The molecule has 10 nitrogen and oxygen atoms in total. The number of hydrogen-bond donors (Lipinski definition) is 0. The van der Waals surface area contributed by atoms with Gasteiger partial charge in [0.1, 0.15) is 17.8 Å². The van der Waals surface area contributed by atoms with Gasteiger partial charge in [-0.2, -0.15) is 5.06 Å². The molecule has 0 aromatic heterocycles. The van der Waals surface area contributed by atoms with Crippen molar-refractivity contribution < 1.29 is 43.0 Å². The van der Waals surface area contributed by atoms with Gasteiger partial charge in [0, 0.05) is 20.8 Å². The summed E-state index contributed by atoms with van der Waals surface area (Å²) >= 11 is 0. The molecular weight excluding hydrogens is 386 g/mol. The average molecular weight is 415 g/mol. The van der Waals surface area contributed by atoms with E-state index < -0.39 is 59.9 Å². The van der Waals surface area contributed by atoms with E-state index >= 15 is 0 Å². The third-order valence-electron chi connectivity index (χ3n) is 4.56. The molecule has 0 aromatic rings. The van der Waals surface area contributed by atoms with Crippen LogP contribution in [0.4, 0.5) is 4.79 Å². The van der Waals surface area contributed by atoms with E-state index in [2.05, 4.69) is 0 Å². The first-order valence-electron chi connectivity index (χ1n) is 9.56. The zero-order valence-electron chi connectivity index (χ0n) is 17.6. The highest BCUT2D eigenvalue weighted by molar-refractivity contribution is 5.69. The van der Waals surface area contributed by atoms with Crippen molar-refractivity contribution in [3.8, 4) is 0 Å². The highest BCUT2D eigenvalue weighted by Gasteiger charge is 2.55. The first kappa shape index (κ1) is 22.9. The fourth-order valence-corrected chi connectivity index (χ4v) is 3.60. The van der Waals surface area contributed by atoms with Crippen LogP contribution < -0.4 is 0 Å². The predicted octanol–water partition coefficient (Wildman–Crippen LogP) is 1.74. The van der Waals surface area contributed by atoms with Gasteiger partial charge in [-0.25, -0.2) is 4.79 Å². The van der Waals surface area contributed by atoms with Crippen molar-refractivity contribution in [1.82, 2.24) is 5.06 Å². The second-order valence-electron chi connectivity index (χ2n) is 8.21. The SMILES string of the molecule is CC(=O)OC[C@H]1[C@H](OC(C)=O)[C@H](OC(C)=O)[C@@H]2CC[C@H]1N(C(=O)OC(C)(C)C)O2. The molecule has 2 heterocycles. The normalized spacial score (nSPS) is 28.9. The van der Waals surface area contributed by atoms with Crippen molar-refractivity contribution in [3.63, 3.8) is 0 Å². The lowest BCUT2D eigenvalue weighted by molar-refractivity contribution is -0.243. The number of rotatable bonds is 4. The van der Waals surface area contributed by atoms with Gasteiger partial charge >= 0.3 is 24.0 Å². The second kappa shape index (κ2) is 8.98. The summed E-state index contributed by atoms with van der Waals surface area (Å²) in [7, 11) is 0. The fourth-order valence-electron chi connectivity index (χ4n) is 3.60. The van der Waals surface area contributed by atoms with Gasteiger partial charge in [-0.15, -0.1) is 0 Å². The number of hydroxylamine groups is 2. The molecule has 3 fully saturated rings. The van der Waals surface area contributed by atoms with Crippen LogP contribution in [0.25, 0.3) is 0 Å². The summed E-state index contributed by atoms with van der Waals surface area (Å²) in [6, 6.07) is -0.606. The Hall–Kier alpha value is -2.36. The van der Waals surface area contributed by atoms with E-state index in [9.17, 15) is 19.2 Å². The molecule has 3 aliphatic rings. The van der Waals surface area contributed by atoms with E-state index in [-0.39, 0.29) is 6.61 Å². The molecule has 2 aliphatic heterocycles. The zero-order valence-corrected chi connectivity index (χ0v) is 17.6. The highest BCUT2D eigenvalue weighted by atomic mass is 16.8. The Balaban J connectivity index is 2.43. The van der Waals surface area contributed by atoms with Crippen LogP contribution in [0.5, 0.6) is 0 Å². The molecule has 0 spiro atoms. The molecule has 1 aliphatic carbocycles.